The van der Waals surface area contributed by atoms with E-state index in [-0.39, 0.29) is 29.6 Å². The number of phosphoric acid groups is 4. The van der Waals surface area contributed by atoms with Crippen LogP contribution < -0.4 is 0 Å². The number of rotatable bonds is 4. The predicted octanol–water partition coefficient (Wildman–Crippen LogP) is -2.00. The first-order chi connectivity index (χ1) is 7.41. The molecule has 0 aliphatic heterocycles. The predicted molar refractivity (Wildman–Crippen MR) is 56.1 cm³/mol. The Kier molecular flexibility index (Phi) is 11.9. The van der Waals surface area contributed by atoms with Gasteiger partial charge in [-0.1, -0.05) is 0 Å². The van der Waals surface area contributed by atoms with Gasteiger partial charge in [-0.05, 0) is 0 Å². The molecular weight excluding hydrogens is 371 g/mol. The molecule has 8 N–H and O–H groups in total. The van der Waals surface area contributed by atoms with Crippen molar-refractivity contribution >= 4 is 60.8 Å². The summed E-state index contributed by atoms with van der Waals surface area (Å²) < 4.78 is 44.4. The third kappa shape index (κ3) is 32.8. The fourth-order valence-electron chi connectivity index (χ4n) is 0.277. The normalized spacial score (nSPS) is 13.1. The van der Waals surface area contributed by atoms with Gasteiger partial charge in [0.15, 0.2) is 0 Å². The monoisotopic (exact) mass is 379 g/mol. The Labute approximate surface area is 127 Å². The van der Waals surface area contributed by atoms with Gasteiger partial charge in [0.05, 0.1) is 0 Å². The maximum atomic E-state index is 9.63. The second kappa shape index (κ2) is 8.84. The maximum absolute atomic E-state index is 9.63. The molecule has 0 heterocycles. The van der Waals surface area contributed by atoms with Gasteiger partial charge in [0.2, 0.25) is 0 Å². The Balaban J connectivity index is -0.000000256. The van der Waals surface area contributed by atoms with E-state index in [2.05, 4.69) is 8.62 Å². The van der Waals surface area contributed by atoms with Gasteiger partial charge in [0.1, 0.15) is 0 Å². The zero-order chi connectivity index (χ0) is 15.4. The van der Waals surface area contributed by atoms with Crippen LogP contribution in [-0.2, 0) is 26.9 Å². The first-order valence-electron chi connectivity index (χ1n) is 3.06. The molecule has 113 valence electrons. The fraction of sp³-hybridized carbons (Fsp3) is 0. The van der Waals surface area contributed by atoms with E-state index in [0.717, 1.165) is 0 Å². The average Bonchev–Trinajstić information content (AvgIpc) is 1.64. The summed E-state index contributed by atoms with van der Waals surface area (Å²) in [5.74, 6) is 0. The first kappa shape index (κ1) is 25.5. The van der Waals surface area contributed by atoms with Crippen LogP contribution in [-0.4, -0.2) is 68.7 Å². The molecular formula is H8NaO14P4. The SMILES string of the molecule is O=P(O)(O)OP(=O)(O)O.O=P(O)(O)OP(=O)(O)O.[Na]. The molecule has 0 aromatic carbocycles. The van der Waals surface area contributed by atoms with Crippen molar-refractivity contribution in [3.63, 3.8) is 0 Å². The third-order valence-electron chi connectivity index (χ3n) is 0.425. The van der Waals surface area contributed by atoms with Crippen molar-refractivity contribution in [2.45, 2.75) is 0 Å². The topological polar surface area (TPSA) is 249 Å². The minimum Gasteiger partial charge on any atom is -0.302 e. The Hall–Kier alpha value is 1.52. The van der Waals surface area contributed by atoms with E-state index >= 15 is 0 Å². The summed E-state index contributed by atoms with van der Waals surface area (Å²) in [6.45, 7) is 0. The third-order valence-corrected chi connectivity index (χ3v) is 3.83. The van der Waals surface area contributed by atoms with Crippen molar-refractivity contribution in [3.05, 3.63) is 0 Å². The van der Waals surface area contributed by atoms with Gasteiger partial charge in [-0.15, -0.1) is 0 Å². The Morgan fingerprint density at radius 3 is 0.579 bits per heavy atom. The molecule has 0 aromatic heterocycles. The Morgan fingerprint density at radius 2 is 0.579 bits per heavy atom. The van der Waals surface area contributed by atoms with Gasteiger partial charge in [-0.2, -0.15) is 8.62 Å². The smallest absolute Gasteiger partial charge is 0.302 e. The molecule has 0 spiro atoms. The maximum Gasteiger partial charge on any atom is 0.478 e. The van der Waals surface area contributed by atoms with Crippen molar-refractivity contribution in [1.82, 2.24) is 0 Å². The Bertz CT molecular complexity index is 342. The van der Waals surface area contributed by atoms with Crippen LogP contribution >= 0.6 is 31.3 Å². The average molecular weight is 379 g/mol. The zero-order valence-electron chi connectivity index (χ0n) is 8.82. The Morgan fingerprint density at radius 1 is 0.474 bits per heavy atom. The summed E-state index contributed by atoms with van der Waals surface area (Å²) in [5, 5.41) is 0. The van der Waals surface area contributed by atoms with Gasteiger partial charge in [0, 0.05) is 29.6 Å². The molecule has 0 amide bonds. The van der Waals surface area contributed by atoms with Gasteiger partial charge in [0.25, 0.3) is 0 Å². The molecule has 0 unspecified atom stereocenters. The molecule has 0 bridgehead atoms. The molecule has 0 saturated heterocycles. The summed E-state index contributed by atoms with van der Waals surface area (Å²) in [6.07, 6.45) is 0. The molecule has 0 atom stereocenters. The van der Waals surface area contributed by atoms with E-state index in [4.69, 9.17) is 39.1 Å². The standard InChI is InChI=1S/Na.2H4O7P2/c;2*1-8(2,3)7-9(4,5)6/h;2*(H2,1,2,3)(H2,4,5,6). The molecule has 0 aliphatic carbocycles. The summed E-state index contributed by atoms with van der Waals surface area (Å²) in [7, 11) is -20.2. The van der Waals surface area contributed by atoms with Crippen LogP contribution in [0.15, 0.2) is 0 Å². The minimum atomic E-state index is -5.05. The van der Waals surface area contributed by atoms with Crippen molar-refractivity contribution < 1.29 is 66.0 Å². The van der Waals surface area contributed by atoms with E-state index in [1.807, 2.05) is 0 Å². The molecule has 14 nitrogen and oxygen atoms in total. The van der Waals surface area contributed by atoms with Crippen LogP contribution in [0.3, 0.4) is 0 Å². The number of hydrogen-bond donors (Lipinski definition) is 8. The molecule has 0 rings (SSSR count). The van der Waals surface area contributed by atoms with Crippen molar-refractivity contribution in [3.8, 4) is 0 Å². The van der Waals surface area contributed by atoms with Crippen molar-refractivity contribution in [1.29, 1.82) is 0 Å². The quantitative estimate of drug-likeness (QED) is 0.194. The van der Waals surface area contributed by atoms with E-state index in [0.29, 0.717) is 0 Å². The number of hydrogen-bond acceptors (Lipinski definition) is 6. The van der Waals surface area contributed by atoms with Gasteiger partial charge < -0.3 is 39.1 Å². The summed E-state index contributed by atoms with van der Waals surface area (Å²) in [6, 6.07) is 0. The largest absolute Gasteiger partial charge is 0.478 e. The summed E-state index contributed by atoms with van der Waals surface area (Å²) >= 11 is 0. The van der Waals surface area contributed by atoms with Crippen LogP contribution in [0, 0.1) is 0 Å². The van der Waals surface area contributed by atoms with E-state index in [1.54, 1.807) is 0 Å². The van der Waals surface area contributed by atoms with Crippen LogP contribution in [0.1, 0.15) is 0 Å². The molecule has 19 heavy (non-hydrogen) atoms. The van der Waals surface area contributed by atoms with Gasteiger partial charge in [-0.3, -0.25) is 0 Å². The van der Waals surface area contributed by atoms with Crippen LogP contribution in [0.4, 0.5) is 0 Å². The molecule has 19 heteroatoms. The van der Waals surface area contributed by atoms with Crippen molar-refractivity contribution in [2.75, 3.05) is 0 Å². The molecule has 1 radical (unpaired) electrons. The summed E-state index contributed by atoms with van der Waals surface area (Å²) in [4.78, 5) is 62.0. The molecule has 0 fully saturated rings. The molecule has 0 aromatic rings. The zero-order valence-corrected chi connectivity index (χ0v) is 14.4. The van der Waals surface area contributed by atoms with E-state index < -0.39 is 31.3 Å². The summed E-state index contributed by atoms with van der Waals surface area (Å²) in [5.41, 5.74) is 0. The van der Waals surface area contributed by atoms with Crippen molar-refractivity contribution in [2.24, 2.45) is 0 Å². The second-order valence-electron chi connectivity index (χ2n) is 2.13. The van der Waals surface area contributed by atoms with Crippen LogP contribution in [0.5, 0.6) is 0 Å². The van der Waals surface area contributed by atoms with Gasteiger partial charge in [-0.25, -0.2) is 18.3 Å². The molecule has 0 aliphatic rings. The minimum absolute atomic E-state index is 0. The van der Waals surface area contributed by atoms with Gasteiger partial charge >= 0.3 is 31.3 Å². The first-order valence-corrected chi connectivity index (χ1v) is 9.18. The molecule has 0 saturated carbocycles. The van der Waals surface area contributed by atoms with Crippen LogP contribution in [0.2, 0.25) is 0 Å². The van der Waals surface area contributed by atoms with E-state index in [1.165, 1.54) is 0 Å². The van der Waals surface area contributed by atoms with E-state index in [9.17, 15) is 18.3 Å². The fourth-order valence-corrected chi connectivity index (χ4v) is 2.49. The van der Waals surface area contributed by atoms with Crippen LogP contribution in [0.25, 0.3) is 0 Å². The second-order valence-corrected chi connectivity index (χ2v) is 7.36.